The Kier molecular flexibility index (Phi) is 4.57. The van der Waals surface area contributed by atoms with Crippen molar-refractivity contribution >= 4 is 17.2 Å². The summed E-state index contributed by atoms with van der Waals surface area (Å²) in [6.07, 6.45) is 4.48. The van der Waals surface area contributed by atoms with Gasteiger partial charge in [0.15, 0.2) is 0 Å². The van der Waals surface area contributed by atoms with Gasteiger partial charge in [0.25, 0.3) is 0 Å². The maximum absolute atomic E-state index is 12.1. The van der Waals surface area contributed by atoms with E-state index in [0.717, 1.165) is 19.3 Å². The molecule has 4 heteroatoms. The lowest BCUT2D eigenvalue weighted by Gasteiger charge is -2.29. The fourth-order valence-corrected chi connectivity index (χ4v) is 3.20. The van der Waals surface area contributed by atoms with Crippen LogP contribution in [-0.4, -0.2) is 12.5 Å². The summed E-state index contributed by atoms with van der Waals surface area (Å²) in [5, 5.41) is 5.07. The number of amides is 1. The number of hydrogen-bond donors (Lipinski definition) is 2. The monoisotopic (exact) mass is 252 g/mol. The van der Waals surface area contributed by atoms with Crippen molar-refractivity contribution in [2.45, 2.75) is 32.2 Å². The summed E-state index contributed by atoms with van der Waals surface area (Å²) in [6.45, 7) is 1.29. The molecule has 1 saturated carbocycles. The first-order chi connectivity index (χ1) is 8.31. The maximum atomic E-state index is 12.1. The first-order valence-corrected chi connectivity index (χ1v) is 7.19. The second kappa shape index (κ2) is 6.17. The summed E-state index contributed by atoms with van der Waals surface area (Å²) in [7, 11) is 0. The Morgan fingerprint density at radius 1 is 1.47 bits per heavy atom. The largest absolute Gasteiger partial charge is 0.351 e. The number of thiophene rings is 1. The summed E-state index contributed by atoms with van der Waals surface area (Å²) in [4.78, 5) is 13.3. The molecule has 0 bridgehead atoms. The summed E-state index contributed by atoms with van der Waals surface area (Å²) in [5.74, 6) is 0.703. The maximum Gasteiger partial charge on any atom is 0.223 e. The molecule has 1 aliphatic carbocycles. The quantitative estimate of drug-likeness (QED) is 0.862. The van der Waals surface area contributed by atoms with Crippen molar-refractivity contribution in [1.82, 2.24) is 5.32 Å². The van der Waals surface area contributed by atoms with Crippen LogP contribution in [-0.2, 0) is 11.3 Å². The third-order valence-corrected chi connectivity index (χ3v) is 4.44. The van der Waals surface area contributed by atoms with Gasteiger partial charge in [-0.2, -0.15) is 0 Å². The standard InChI is InChI=1S/C13H20N2OS/c14-8-10-4-1-2-6-12(10)13(16)15-9-11-5-3-7-17-11/h3,5,7,10,12H,1-2,4,6,8-9,14H2,(H,15,16). The van der Waals surface area contributed by atoms with Gasteiger partial charge in [0, 0.05) is 10.8 Å². The minimum Gasteiger partial charge on any atom is -0.351 e. The van der Waals surface area contributed by atoms with E-state index < -0.39 is 0 Å². The minimum absolute atomic E-state index is 0.133. The van der Waals surface area contributed by atoms with E-state index in [9.17, 15) is 4.79 Å². The Balaban J connectivity index is 1.85. The molecule has 3 nitrogen and oxygen atoms in total. The molecule has 0 aromatic carbocycles. The van der Waals surface area contributed by atoms with Gasteiger partial charge in [0.05, 0.1) is 6.54 Å². The van der Waals surface area contributed by atoms with E-state index in [4.69, 9.17) is 5.73 Å². The van der Waals surface area contributed by atoms with E-state index in [-0.39, 0.29) is 11.8 Å². The van der Waals surface area contributed by atoms with E-state index in [1.807, 2.05) is 17.5 Å². The van der Waals surface area contributed by atoms with Gasteiger partial charge in [0.1, 0.15) is 0 Å². The molecule has 17 heavy (non-hydrogen) atoms. The molecular weight excluding hydrogens is 232 g/mol. The lowest BCUT2D eigenvalue weighted by Crippen LogP contribution is -2.39. The Hall–Kier alpha value is -0.870. The van der Waals surface area contributed by atoms with Crippen LogP contribution in [0, 0.1) is 11.8 Å². The van der Waals surface area contributed by atoms with Gasteiger partial charge in [-0.05, 0) is 36.8 Å². The number of hydrogen-bond acceptors (Lipinski definition) is 3. The molecule has 1 aromatic heterocycles. The molecule has 0 aliphatic heterocycles. The molecule has 0 radical (unpaired) electrons. The van der Waals surface area contributed by atoms with Crippen LogP contribution in [0.15, 0.2) is 17.5 Å². The highest BCUT2D eigenvalue weighted by atomic mass is 32.1. The first-order valence-electron chi connectivity index (χ1n) is 6.31. The van der Waals surface area contributed by atoms with Crippen molar-refractivity contribution in [3.8, 4) is 0 Å². The molecule has 1 heterocycles. The lowest BCUT2D eigenvalue weighted by atomic mass is 9.79. The molecule has 1 amide bonds. The van der Waals surface area contributed by atoms with Crippen LogP contribution in [0.4, 0.5) is 0 Å². The van der Waals surface area contributed by atoms with Crippen LogP contribution >= 0.6 is 11.3 Å². The van der Waals surface area contributed by atoms with Crippen molar-refractivity contribution in [1.29, 1.82) is 0 Å². The van der Waals surface area contributed by atoms with Gasteiger partial charge in [0.2, 0.25) is 5.91 Å². The summed E-state index contributed by atoms with van der Waals surface area (Å²) in [6, 6.07) is 4.06. The van der Waals surface area contributed by atoms with Gasteiger partial charge in [-0.15, -0.1) is 11.3 Å². The van der Waals surface area contributed by atoms with Crippen molar-refractivity contribution in [2.75, 3.05) is 6.54 Å². The summed E-state index contributed by atoms with van der Waals surface area (Å²) < 4.78 is 0. The molecule has 2 rings (SSSR count). The smallest absolute Gasteiger partial charge is 0.223 e. The zero-order chi connectivity index (χ0) is 12.1. The number of rotatable bonds is 4. The SMILES string of the molecule is NCC1CCCCC1C(=O)NCc1cccs1. The van der Waals surface area contributed by atoms with Crippen molar-refractivity contribution in [2.24, 2.45) is 17.6 Å². The van der Waals surface area contributed by atoms with Crippen molar-refractivity contribution in [3.05, 3.63) is 22.4 Å². The van der Waals surface area contributed by atoms with Gasteiger partial charge in [-0.1, -0.05) is 18.9 Å². The number of carbonyl (C=O) groups is 1. The predicted octanol–water partition coefficient (Wildman–Crippen LogP) is 2.13. The topological polar surface area (TPSA) is 55.1 Å². The average molecular weight is 252 g/mol. The summed E-state index contributed by atoms with van der Waals surface area (Å²) >= 11 is 1.68. The second-order valence-electron chi connectivity index (χ2n) is 4.68. The number of nitrogens with two attached hydrogens (primary N) is 1. The fraction of sp³-hybridized carbons (Fsp3) is 0.615. The van der Waals surface area contributed by atoms with Crippen LogP contribution in [0.5, 0.6) is 0 Å². The molecular formula is C13H20N2OS. The second-order valence-corrected chi connectivity index (χ2v) is 5.72. The van der Waals surface area contributed by atoms with Gasteiger partial charge >= 0.3 is 0 Å². The van der Waals surface area contributed by atoms with Crippen LogP contribution in [0.3, 0.4) is 0 Å². The van der Waals surface area contributed by atoms with E-state index in [0.29, 0.717) is 19.0 Å². The highest BCUT2D eigenvalue weighted by Gasteiger charge is 2.29. The minimum atomic E-state index is 0.133. The number of nitrogens with one attached hydrogen (secondary N) is 1. The lowest BCUT2D eigenvalue weighted by molar-refractivity contribution is -0.127. The third kappa shape index (κ3) is 3.30. The van der Waals surface area contributed by atoms with E-state index in [2.05, 4.69) is 5.32 Å². The van der Waals surface area contributed by atoms with E-state index in [1.165, 1.54) is 11.3 Å². The van der Waals surface area contributed by atoms with Crippen LogP contribution in [0.25, 0.3) is 0 Å². The Labute approximate surface area is 106 Å². The fourth-order valence-electron chi connectivity index (χ4n) is 2.55. The Morgan fingerprint density at radius 3 is 3.00 bits per heavy atom. The van der Waals surface area contributed by atoms with Crippen molar-refractivity contribution < 1.29 is 4.79 Å². The predicted molar refractivity (Wildman–Crippen MR) is 70.7 cm³/mol. The summed E-state index contributed by atoms with van der Waals surface area (Å²) in [5.41, 5.74) is 5.74. The molecule has 3 N–H and O–H groups in total. The molecule has 2 unspecified atom stereocenters. The van der Waals surface area contributed by atoms with Gasteiger partial charge < -0.3 is 11.1 Å². The highest BCUT2D eigenvalue weighted by molar-refractivity contribution is 7.09. The number of carbonyl (C=O) groups excluding carboxylic acids is 1. The molecule has 1 fully saturated rings. The molecule has 1 aromatic rings. The van der Waals surface area contributed by atoms with Crippen molar-refractivity contribution in [3.63, 3.8) is 0 Å². The third-order valence-electron chi connectivity index (χ3n) is 3.57. The van der Waals surface area contributed by atoms with Crippen LogP contribution in [0.1, 0.15) is 30.6 Å². The molecule has 1 aliphatic rings. The molecule has 94 valence electrons. The molecule has 0 saturated heterocycles. The first kappa shape index (κ1) is 12.6. The zero-order valence-electron chi connectivity index (χ0n) is 10.0. The Bertz CT molecular complexity index is 350. The van der Waals surface area contributed by atoms with Crippen LogP contribution in [0.2, 0.25) is 0 Å². The zero-order valence-corrected chi connectivity index (χ0v) is 10.8. The highest BCUT2D eigenvalue weighted by Crippen LogP contribution is 2.29. The molecule has 2 atom stereocenters. The average Bonchev–Trinajstić information content (AvgIpc) is 2.89. The normalized spacial score (nSPS) is 24.5. The van der Waals surface area contributed by atoms with Gasteiger partial charge in [-0.3, -0.25) is 4.79 Å². The van der Waals surface area contributed by atoms with E-state index >= 15 is 0 Å². The Morgan fingerprint density at radius 2 is 2.29 bits per heavy atom. The van der Waals surface area contributed by atoms with Gasteiger partial charge in [-0.25, -0.2) is 0 Å². The molecule has 0 spiro atoms. The van der Waals surface area contributed by atoms with E-state index in [1.54, 1.807) is 11.3 Å². The van der Waals surface area contributed by atoms with Crippen LogP contribution < -0.4 is 11.1 Å².